The number of ether oxygens (including phenoxy) is 1. The molecule has 1 unspecified atom stereocenters. The number of Topliss-reactive ketones (excluding diaryl/α,β-unsaturated/α-hetero) is 1. The number of dihydropyridines is 1. The first-order chi connectivity index (χ1) is 13.0. The van der Waals surface area contributed by atoms with Gasteiger partial charge in [-0.2, -0.15) is 0 Å². The summed E-state index contributed by atoms with van der Waals surface area (Å²) in [5.74, 6) is -1.38. The highest BCUT2D eigenvalue weighted by Crippen LogP contribution is 2.42. The van der Waals surface area contributed by atoms with E-state index in [0.29, 0.717) is 35.4 Å². The molecule has 0 saturated heterocycles. The van der Waals surface area contributed by atoms with E-state index in [1.165, 1.54) is 12.1 Å². The van der Waals surface area contributed by atoms with Gasteiger partial charge in [0.15, 0.2) is 5.78 Å². The van der Waals surface area contributed by atoms with Crippen molar-refractivity contribution in [3.8, 4) is 0 Å². The Morgan fingerprint density at radius 1 is 1.30 bits per heavy atom. The highest BCUT2D eigenvalue weighted by molar-refractivity contribution is 6.03. The van der Waals surface area contributed by atoms with Crippen LogP contribution in [-0.2, 0) is 14.3 Å². The summed E-state index contributed by atoms with van der Waals surface area (Å²) in [6, 6.07) is 6.14. The van der Waals surface area contributed by atoms with E-state index in [4.69, 9.17) is 4.74 Å². The molecule has 0 bridgehead atoms. The lowest BCUT2D eigenvalue weighted by atomic mass is 9.75. The van der Waals surface area contributed by atoms with E-state index >= 15 is 0 Å². The van der Waals surface area contributed by atoms with Gasteiger partial charge in [0.1, 0.15) is 5.82 Å². The van der Waals surface area contributed by atoms with Crippen molar-refractivity contribution >= 4 is 11.8 Å². The van der Waals surface area contributed by atoms with Crippen LogP contribution >= 0.6 is 0 Å². The van der Waals surface area contributed by atoms with Gasteiger partial charge in [-0.3, -0.25) is 4.79 Å². The number of allylic oxidation sites excluding steroid dienone is 3. The molecule has 4 nitrogen and oxygen atoms in total. The predicted octanol–water partition coefficient (Wildman–Crippen LogP) is 4.53. The van der Waals surface area contributed by atoms with Gasteiger partial charge < -0.3 is 10.1 Å². The number of esters is 1. The molecule has 5 heteroatoms. The number of halogens is 1. The SMILES string of the molecule is CCCCCOC(=O)C1=C(C)NC2=C(C(=O)CCC2)C1c1cccc(F)c1. The maximum atomic E-state index is 13.9. The topological polar surface area (TPSA) is 55.4 Å². The fourth-order valence-electron chi connectivity index (χ4n) is 3.87. The molecule has 0 spiro atoms. The average Bonchev–Trinajstić information content (AvgIpc) is 2.64. The van der Waals surface area contributed by atoms with Crippen molar-refractivity contribution in [1.29, 1.82) is 0 Å². The number of carbonyl (C=O) groups excluding carboxylic acids is 2. The molecule has 0 aromatic heterocycles. The highest BCUT2D eigenvalue weighted by atomic mass is 19.1. The molecule has 27 heavy (non-hydrogen) atoms. The molecular weight excluding hydrogens is 345 g/mol. The fraction of sp³-hybridized carbons (Fsp3) is 0.455. The van der Waals surface area contributed by atoms with E-state index in [1.54, 1.807) is 12.1 Å². The Balaban J connectivity index is 1.99. The molecule has 3 rings (SSSR count). The van der Waals surface area contributed by atoms with Crippen LogP contribution in [0, 0.1) is 5.82 Å². The average molecular weight is 371 g/mol. The fourth-order valence-corrected chi connectivity index (χ4v) is 3.87. The first-order valence-electron chi connectivity index (χ1n) is 9.69. The molecule has 1 heterocycles. The van der Waals surface area contributed by atoms with Gasteiger partial charge in [0.05, 0.1) is 12.2 Å². The van der Waals surface area contributed by atoms with Gasteiger partial charge in [-0.1, -0.05) is 31.9 Å². The zero-order valence-corrected chi connectivity index (χ0v) is 15.9. The van der Waals surface area contributed by atoms with E-state index < -0.39 is 11.9 Å². The molecule has 1 aliphatic heterocycles. The summed E-state index contributed by atoms with van der Waals surface area (Å²) >= 11 is 0. The first-order valence-corrected chi connectivity index (χ1v) is 9.69. The first kappa shape index (κ1) is 19.3. The van der Waals surface area contributed by atoms with Crippen molar-refractivity contribution < 1.29 is 18.7 Å². The van der Waals surface area contributed by atoms with Crippen molar-refractivity contribution in [1.82, 2.24) is 5.32 Å². The molecule has 144 valence electrons. The predicted molar refractivity (Wildman–Crippen MR) is 101 cm³/mol. The molecule has 0 radical (unpaired) electrons. The molecule has 0 saturated carbocycles. The summed E-state index contributed by atoms with van der Waals surface area (Å²) < 4.78 is 19.4. The van der Waals surface area contributed by atoms with Crippen LogP contribution in [-0.4, -0.2) is 18.4 Å². The van der Waals surface area contributed by atoms with Gasteiger partial charge in [-0.05, 0) is 43.9 Å². The monoisotopic (exact) mass is 371 g/mol. The van der Waals surface area contributed by atoms with Crippen LogP contribution in [0.25, 0.3) is 0 Å². The Bertz CT molecular complexity index is 810. The number of rotatable bonds is 6. The van der Waals surface area contributed by atoms with Crippen LogP contribution in [0.4, 0.5) is 4.39 Å². The number of nitrogens with one attached hydrogen (secondary N) is 1. The van der Waals surface area contributed by atoms with Crippen LogP contribution in [0.1, 0.15) is 63.9 Å². The zero-order valence-electron chi connectivity index (χ0n) is 15.9. The molecule has 1 aromatic rings. The molecular formula is C22H26FNO3. The number of ketones is 1. The highest BCUT2D eigenvalue weighted by Gasteiger charge is 2.39. The van der Waals surface area contributed by atoms with Crippen LogP contribution in [0.3, 0.4) is 0 Å². The van der Waals surface area contributed by atoms with Crippen LogP contribution in [0.15, 0.2) is 46.8 Å². The van der Waals surface area contributed by atoms with E-state index in [1.807, 2.05) is 6.92 Å². The van der Waals surface area contributed by atoms with E-state index in [9.17, 15) is 14.0 Å². The van der Waals surface area contributed by atoms with Crippen molar-refractivity contribution in [3.05, 3.63) is 58.2 Å². The number of unbranched alkanes of at least 4 members (excludes halogenated alkanes) is 2. The molecule has 1 aliphatic carbocycles. The summed E-state index contributed by atoms with van der Waals surface area (Å²) in [6.45, 7) is 4.25. The van der Waals surface area contributed by atoms with Gasteiger partial charge in [0.25, 0.3) is 0 Å². The normalized spacial score (nSPS) is 19.7. The minimum absolute atomic E-state index is 0.0156. The molecule has 1 atom stereocenters. The molecule has 2 aliphatic rings. The van der Waals surface area contributed by atoms with Crippen LogP contribution < -0.4 is 5.32 Å². The lowest BCUT2D eigenvalue weighted by Crippen LogP contribution is -2.34. The third-order valence-electron chi connectivity index (χ3n) is 5.16. The standard InChI is InChI=1S/C22H26FNO3/c1-3-4-5-12-27-22(26)19-14(2)24-17-10-7-11-18(25)21(17)20(19)15-8-6-9-16(23)13-15/h6,8-9,13,20,24H,3-5,7,10-12H2,1-2H3. The second-order valence-corrected chi connectivity index (χ2v) is 7.16. The van der Waals surface area contributed by atoms with Gasteiger partial charge in [0.2, 0.25) is 0 Å². The number of benzene rings is 1. The van der Waals surface area contributed by atoms with Gasteiger partial charge in [-0.15, -0.1) is 0 Å². The Kier molecular flexibility index (Phi) is 6.09. The lowest BCUT2D eigenvalue weighted by molar-refractivity contribution is -0.139. The van der Waals surface area contributed by atoms with Gasteiger partial charge >= 0.3 is 5.97 Å². The summed E-state index contributed by atoms with van der Waals surface area (Å²) in [5, 5.41) is 3.24. The van der Waals surface area contributed by atoms with Crippen LogP contribution in [0.5, 0.6) is 0 Å². The minimum Gasteiger partial charge on any atom is -0.462 e. The lowest BCUT2D eigenvalue weighted by Gasteiger charge is -2.34. The second kappa shape index (κ2) is 8.51. The second-order valence-electron chi connectivity index (χ2n) is 7.16. The Labute approximate surface area is 159 Å². The third-order valence-corrected chi connectivity index (χ3v) is 5.16. The smallest absolute Gasteiger partial charge is 0.336 e. The van der Waals surface area contributed by atoms with Gasteiger partial charge in [-0.25, -0.2) is 9.18 Å². The maximum Gasteiger partial charge on any atom is 0.336 e. The minimum atomic E-state index is -0.580. The van der Waals surface area contributed by atoms with Crippen molar-refractivity contribution in [2.45, 2.75) is 58.3 Å². The van der Waals surface area contributed by atoms with Crippen molar-refractivity contribution in [2.75, 3.05) is 6.61 Å². The van der Waals surface area contributed by atoms with Crippen LogP contribution in [0.2, 0.25) is 0 Å². The van der Waals surface area contributed by atoms with Crippen molar-refractivity contribution in [3.63, 3.8) is 0 Å². The molecule has 0 amide bonds. The molecule has 1 N–H and O–H groups in total. The Morgan fingerprint density at radius 3 is 2.85 bits per heavy atom. The van der Waals surface area contributed by atoms with E-state index in [2.05, 4.69) is 12.2 Å². The largest absolute Gasteiger partial charge is 0.462 e. The zero-order chi connectivity index (χ0) is 19.4. The maximum absolute atomic E-state index is 13.9. The summed E-state index contributed by atoms with van der Waals surface area (Å²) in [7, 11) is 0. The number of carbonyl (C=O) groups is 2. The van der Waals surface area contributed by atoms with E-state index in [0.717, 1.165) is 37.8 Å². The summed E-state index contributed by atoms with van der Waals surface area (Å²) in [6.07, 6.45) is 4.82. The number of hydrogen-bond acceptors (Lipinski definition) is 4. The van der Waals surface area contributed by atoms with Gasteiger partial charge in [0, 0.05) is 29.3 Å². The summed E-state index contributed by atoms with van der Waals surface area (Å²) in [4.78, 5) is 25.6. The molecule has 0 fully saturated rings. The Hall–Kier alpha value is -2.43. The van der Waals surface area contributed by atoms with E-state index in [-0.39, 0.29) is 11.6 Å². The number of hydrogen-bond donors (Lipinski definition) is 1. The molecule has 1 aromatic carbocycles. The Morgan fingerprint density at radius 2 is 2.11 bits per heavy atom. The van der Waals surface area contributed by atoms with Crippen molar-refractivity contribution in [2.24, 2.45) is 0 Å². The quantitative estimate of drug-likeness (QED) is 0.590. The third kappa shape index (κ3) is 4.12. The summed E-state index contributed by atoms with van der Waals surface area (Å²) in [5.41, 5.74) is 3.13.